The molecule has 30 heavy (non-hydrogen) atoms. The van der Waals surface area contributed by atoms with Gasteiger partial charge in [0.1, 0.15) is 11.6 Å². The van der Waals surface area contributed by atoms with Crippen LogP contribution < -0.4 is 15.4 Å². The Morgan fingerprint density at radius 1 is 1.10 bits per heavy atom. The molecule has 1 heterocycles. The molecule has 2 aromatic carbocycles. The van der Waals surface area contributed by atoms with Crippen LogP contribution in [0.5, 0.6) is 5.75 Å². The van der Waals surface area contributed by atoms with Crippen LogP contribution in [0.25, 0.3) is 11.3 Å². The van der Waals surface area contributed by atoms with Crippen molar-refractivity contribution in [2.45, 2.75) is 13.0 Å². The molecule has 0 aliphatic rings. The third kappa shape index (κ3) is 6.05. The van der Waals surface area contributed by atoms with E-state index >= 15 is 0 Å². The normalized spacial score (nSPS) is 10.7. The predicted molar refractivity (Wildman–Crippen MR) is 106 cm³/mol. The van der Waals surface area contributed by atoms with E-state index < -0.39 is 24.2 Å². The van der Waals surface area contributed by atoms with Crippen LogP contribution in [-0.2, 0) is 16.0 Å². The van der Waals surface area contributed by atoms with Gasteiger partial charge in [-0.1, -0.05) is 24.3 Å². The molecule has 0 atom stereocenters. The molecular weight excluding hydrogens is 419 g/mol. The van der Waals surface area contributed by atoms with Crippen molar-refractivity contribution < 1.29 is 27.5 Å². The first-order chi connectivity index (χ1) is 14.4. The monoisotopic (exact) mass is 435 g/mol. The number of carbonyl (C=O) groups is 2. The van der Waals surface area contributed by atoms with Gasteiger partial charge in [-0.15, -0.1) is 11.3 Å². The van der Waals surface area contributed by atoms with Gasteiger partial charge in [0.2, 0.25) is 11.8 Å². The summed E-state index contributed by atoms with van der Waals surface area (Å²) in [6, 6.07) is 11.8. The van der Waals surface area contributed by atoms with E-state index in [1.165, 1.54) is 24.3 Å². The van der Waals surface area contributed by atoms with Crippen LogP contribution in [0.2, 0.25) is 0 Å². The summed E-state index contributed by atoms with van der Waals surface area (Å²) < 4.78 is 42.7. The van der Waals surface area contributed by atoms with Crippen molar-refractivity contribution in [1.29, 1.82) is 0 Å². The highest BCUT2D eigenvalue weighted by Gasteiger charge is 2.15. The first-order valence-electron chi connectivity index (χ1n) is 8.71. The van der Waals surface area contributed by atoms with Crippen LogP contribution >= 0.6 is 11.3 Å². The molecule has 1 aromatic heterocycles. The number of benzene rings is 2. The highest BCUT2D eigenvalue weighted by Crippen LogP contribution is 2.32. The minimum absolute atomic E-state index is 0.0275. The van der Waals surface area contributed by atoms with Crippen molar-refractivity contribution in [3.8, 4) is 17.0 Å². The van der Waals surface area contributed by atoms with Crippen LogP contribution in [-0.4, -0.2) is 30.0 Å². The van der Waals surface area contributed by atoms with Crippen molar-refractivity contribution in [3.05, 3.63) is 65.3 Å². The maximum absolute atomic E-state index is 13.1. The number of halogens is 3. The van der Waals surface area contributed by atoms with Crippen molar-refractivity contribution in [2.24, 2.45) is 0 Å². The molecule has 0 spiro atoms. The van der Waals surface area contributed by atoms with Crippen molar-refractivity contribution in [2.75, 3.05) is 11.9 Å². The Balaban J connectivity index is 1.55. The molecule has 0 radical (unpaired) electrons. The lowest BCUT2D eigenvalue weighted by Crippen LogP contribution is -2.33. The standard InChI is InChI=1S/C20H16F3N3O3S/c21-13-5-3-4-12(8-13)9-17(27)24-10-18(28)26-20-25-15(11-30-20)14-6-1-2-7-16(14)29-19(22)23/h1-8,11,19H,9-10H2,(H,24,27)(H,25,26,28). The molecule has 0 bridgehead atoms. The fourth-order valence-electron chi connectivity index (χ4n) is 2.57. The zero-order chi connectivity index (χ0) is 21.5. The van der Waals surface area contributed by atoms with Gasteiger partial charge < -0.3 is 15.4 Å². The van der Waals surface area contributed by atoms with Gasteiger partial charge in [0.25, 0.3) is 0 Å². The lowest BCUT2D eigenvalue weighted by Gasteiger charge is -2.08. The average Bonchev–Trinajstić information content (AvgIpc) is 3.14. The topological polar surface area (TPSA) is 80.3 Å². The van der Waals surface area contributed by atoms with Gasteiger partial charge in [-0.2, -0.15) is 8.78 Å². The molecule has 0 aliphatic heterocycles. The SMILES string of the molecule is O=C(Cc1cccc(F)c1)NCC(=O)Nc1nc(-c2ccccc2OC(F)F)cs1. The molecule has 3 aromatic rings. The lowest BCUT2D eigenvalue weighted by atomic mass is 10.1. The molecular formula is C20H16F3N3O3S. The quantitative estimate of drug-likeness (QED) is 0.563. The molecule has 0 unspecified atom stereocenters. The minimum Gasteiger partial charge on any atom is -0.434 e. The highest BCUT2D eigenvalue weighted by atomic mass is 32.1. The van der Waals surface area contributed by atoms with Gasteiger partial charge in [-0.05, 0) is 29.8 Å². The third-order valence-corrected chi connectivity index (χ3v) is 4.59. The number of ether oxygens (including phenoxy) is 1. The largest absolute Gasteiger partial charge is 0.434 e. The Labute approximate surface area is 173 Å². The summed E-state index contributed by atoms with van der Waals surface area (Å²) in [5.41, 5.74) is 1.21. The molecule has 2 amide bonds. The number of thiazole rings is 1. The second-order valence-corrected chi connectivity index (χ2v) is 6.90. The van der Waals surface area contributed by atoms with Crippen LogP contribution in [0.1, 0.15) is 5.56 Å². The Morgan fingerprint density at radius 2 is 1.90 bits per heavy atom. The molecule has 0 aliphatic carbocycles. The summed E-state index contributed by atoms with van der Waals surface area (Å²) in [5, 5.41) is 6.79. The fraction of sp³-hybridized carbons (Fsp3) is 0.150. The lowest BCUT2D eigenvalue weighted by molar-refractivity contribution is -0.123. The fourth-order valence-corrected chi connectivity index (χ4v) is 3.30. The summed E-state index contributed by atoms with van der Waals surface area (Å²) >= 11 is 1.10. The van der Waals surface area contributed by atoms with E-state index in [1.54, 1.807) is 29.6 Å². The highest BCUT2D eigenvalue weighted by molar-refractivity contribution is 7.14. The van der Waals surface area contributed by atoms with Crippen molar-refractivity contribution in [1.82, 2.24) is 10.3 Å². The first kappa shape index (κ1) is 21.3. The van der Waals surface area contributed by atoms with Gasteiger partial charge in [0.05, 0.1) is 18.7 Å². The number of alkyl halides is 2. The first-order valence-corrected chi connectivity index (χ1v) is 9.59. The molecule has 10 heteroatoms. The van der Waals surface area contributed by atoms with E-state index in [0.717, 1.165) is 11.3 Å². The van der Waals surface area contributed by atoms with Crippen LogP contribution in [0.4, 0.5) is 18.3 Å². The number of nitrogens with zero attached hydrogens (tertiary/aromatic N) is 1. The van der Waals surface area contributed by atoms with Gasteiger partial charge in [-0.25, -0.2) is 9.37 Å². The van der Waals surface area contributed by atoms with Gasteiger partial charge >= 0.3 is 6.61 Å². The maximum atomic E-state index is 13.1. The number of amides is 2. The van der Waals surface area contributed by atoms with E-state index in [2.05, 4.69) is 20.4 Å². The zero-order valence-corrected chi connectivity index (χ0v) is 16.2. The summed E-state index contributed by atoms with van der Waals surface area (Å²) in [6.45, 7) is -3.27. The molecule has 0 saturated carbocycles. The predicted octanol–water partition coefficient (Wildman–Crippen LogP) is 3.85. The molecule has 6 nitrogen and oxygen atoms in total. The Hall–Kier alpha value is -3.40. The third-order valence-electron chi connectivity index (χ3n) is 3.83. The number of carbonyl (C=O) groups excluding carboxylic acids is 2. The smallest absolute Gasteiger partial charge is 0.387 e. The number of anilines is 1. The second-order valence-electron chi connectivity index (χ2n) is 6.04. The molecule has 0 saturated heterocycles. The van der Waals surface area contributed by atoms with E-state index in [4.69, 9.17) is 0 Å². The molecule has 2 N–H and O–H groups in total. The Morgan fingerprint density at radius 3 is 2.67 bits per heavy atom. The summed E-state index contributed by atoms with van der Waals surface area (Å²) in [7, 11) is 0. The van der Waals surface area contributed by atoms with Crippen molar-refractivity contribution >= 4 is 28.3 Å². The summed E-state index contributed by atoms with van der Waals surface area (Å²) in [5.74, 6) is -1.42. The van der Waals surface area contributed by atoms with E-state index in [-0.39, 0.29) is 23.8 Å². The van der Waals surface area contributed by atoms with Gasteiger partial charge in [-0.3, -0.25) is 9.59 Å². The minimum atomic E-state index is -2.97. The zero-order valence-electron chi connectivity index (χ0n) is 15.4. The van der Waals surface area contributed by atoms with Crippen LogP contribution in [0.3, 0.4) is 0 Å². The van der Waals surface area contributed by atoms with Gasteiger partial charge in [0, 0.05) is 10.9 Å². The number of aromatic nitrogens is 1. The summed E-state index contributed by atoms with van der Waals surface area (Å²) in [4.78, 5) is 28.1. The van der Waals surface area contributed by atoms with E-state index in [9.17, 15) is 22.8 Å². The van der Waals surface area contributed by atoms with Crippen molar-refractivity contribution in [3.63, 3.8) is 0 Å². The number of nitrogens with one attached hydrogen (secondary N) is 2. The van der Waals surface area contributed by atoms with E-state index in [1.807, 2.05) is 0 Å². The van der Waals surface area contributed by atoms with E-state index in [0.29, 0.717) is 16.8 Å². The number of para-hydroxylation sites is 1. The number of hydrogen-bond donors (Lipinski definition) is 2. The van der Waals surface area contributed by atoms with Crippen LogP contribution in [0, 0.1) is 5.82 Å². The molecule has 3 rings (SSSR count). The Bertz CT molecular complexity index is 1040. The number of hydrogen-bond acceptors (Lipinski definition) is 5. The van der Waals surface area contributed by atoms with Crippen LogP contribution in [0.15, 0.2) is 53.9 Å². The average molecular weight is 435 g/mol. The second kappa shape index (κ2) is 9.88. The van der Waals surface area contributed by atoms with Gasteiger partial charge in [0.15, 0.2) is 5.13 Å². The Kier molecular flexibility index (Phi) is 7.02. The number of rotatable bonds is 8. The molecule has 0 fully saturated rings. The molecule has 156 valence electrons. The summed E-state index contributed by atoms with van der Waals surface area (Å²) in [6.07, 6.45) is -0.0621. The maximum Gasteiger partial charge on any atom is 0.387 e.